The van der Waals surface area contributed by atoms with Gasteiger partial charge >= 0.3 is 0 Å². The topological polar surface area (TPSA) is 76.4 Å². The molecule has 0 radical (unpaired) electrons. The Morgan fingerprint density at radius 3 is 2.73 bits per heavy atom. The van der Waals surface area contributed by atoms with Gasteiger partial charge in [0.05, 0.1) is 12.6 Å². The first kappa shape index (κ1) is 14.3. The van der Waals surface area contributed by atoms with Crippen molar-refractivity contribution in [3.8, 4) is 0 Å². The highest BCUT2D eigenvalue weighted by Gasteiger charge is 2.11. The van der Waals surface area contributed by atoms with E-state index in [1.54, 1.807) is 7.11 Å². The fourth-order valence-electron chi connectivity index (χ4n) is 1.20. The SMILES string of the molecule is CNCCCCC(N)C(=O)NCCOC. The Balaban J connectivity index is 3.42. The summed E-state index contributed by atoms with van der Waals surface area (Å²) in [6.07, 6.45) is 2.76. The molecule has 90 valence electrons. The summed E-state index contributed by atoms with van der Waals surface area (Å²) < 4.78 is 4.82. The number of hydrogen-bond acceptors (Lipinski definition) is 4. The van der Waals surface area contributed by atoms with E-state index in [1.165, 1.54) is 0 Å². The molecule has 0 bridgehead atoms. The Bertz CT molecular complexity index is 165. The third kappa shape index (κ3) is 8.35. The van der Waals surface area contributed by atoms with Crippen molar-refractivity contribution in [3.05, 3.63) is 0 Å². The Kier molecular flexibility index (Phi) is 9.46. The second-order valence-corrected chi connectivity index (χ2v) is 3.49. The molecule has 1 atom stereocenters. The van der Waals surface area contributed by atoms with Gasteiger partial charge in [0.1, 0.15) is 0 Å². The lowest BCUT2D eigenvalue weighted by molar-refractivity contribution is -0.122. The van der Waals surface area contributed by atoms with Crippen LogP contribution in [0.1, 0.15) is 19.3 Å². The molecule has 0 spiro atoms. The molecular weight excluding hydrogens is 194 g/mol. The first-order valence-electron chi connectivity index (χ1n) is 5.39. The number of hydrogen-bond donors (Lipinski definition) is 3. The number of carbonyl (C=O) groups is 1. The van der Waals surface area contributed by atoms with E-state index >= 15 is 0 Å². The summed E-state index contributed by atoms with van der Waals surface area (Å²) in [6, 6.07) is -0.390. The standard InChI is InChI=1S/C10H23N3O2/c1-12-6-4-3-5-9(11)10(14)13-7-8-15-2/h9,12H,3-8,11H2,1-2H3,(H,13,14). The van der Waals surface area contributed by atoms with Crippen molar-refractivity contribution in [1.82, 2.24) is 10.6 Å². The zero-order valence-electron chi connectivity index (χ0n) is 9.71. The number of ether oxygens (including phenoxy) is 1. The van der Waals surface area contributed by atoms with Gasteiger partial charge in [0, 0.05) is 13.7 Å². The van der Waals surface area contributed by atoms with E-state index < -0.39 is 6.04 Å². The molecule has 0 aromatic rings. The lowest BCUT2D eigenvalue weighted by atomic mass is 10.1. The van der Waals surface area contributed by atoms with Crippen molar-refractivity contribution in [3.63, 3.8) is 0 Å². The van der Waals surface area contributed by atoms with Gasteiger partial charge in [0.15, 0.2) is 0 Å². The molecule has 0 rings (SSSR count). The van der Waals surface area contributed by atoms with Crippen LogP contribution in [0.4, 0.5) is 0 Å². The third-order valence-electron chi connectivity index (χ3n) is 2.13. The summed E-state index contributed by atoms with van der Waals surface area (Å²) in [5.74, 6) is -0.0866. The van der Waals surface area contributed by atoms with Gasteiger partial charge in [-0.2, -0.15) is 0 Å². The van der Waals surface area contributed by atoms with Crippen LogP contribution in [0.3, 0.4) is 0 Å². The van der Waals surface area contributed by atoms with Crippen LogP contribution >= 0.6 is 0 Å². The highest BCUT2D eigenvalue weighted by atomic mass is 16.5. The van der Waals surface area contributed by atoms with Gasteiger partial charge in [-0.1, -0.05) is 6.42 Å². The third-order valence-corrected chi connectivity index (χ3v) is 2.13. The normalized spacial score (nSPS) is 12.5. The number of amides is 1. The molecule has 0 heterocycles. The molecule has 0 aromatic carbocycles. The first-order chi connectivity index (χ1) is 7.22. The molecule has 0 saturated heterocycles. The summed E-state index contributed by atoms with van der Waals surface area (Å²) in [5, 5.41) is 5.77. The Morgan fingerprint density at radius 1 is 1.40 bits per heavy atom. The minimum Gasteiger partial charge on any atom is -0.383 e. The highest BCUT2D eigenvalue weighted by molar-refractivity contribution is 5.81. The summed E-state index contributed by atoms with van der Waals surface area (Å²) in [7, 11) is 3.52. The van der Waals surface area contributed by atoms with Crippen LogP contribution in [-0.4, -0.2) is 45.8 Å². The van der Waals surface area contributed by atoms with Crippen LogP contribution in [0, 0.1) is 0 Å². The van der Waals surface area contributed by atoms with Gasteiger partial charge in [-0.25, -0.2) is 0 Å². The van der Waals surface area contributed by atoms with E-state index in [4.69, 9.17) is 10.5 Å². The predicted octanol–water partition coefficient (Wildman–Crippen LogP) is -0.534. The second kappa shape index (κ2) is 9.89. The van der Waals surface area contributed by atoms with Crippen LogP contribution in [0.2, 0.25) is 0 Å². The lowest BCUT2D eigenvalue weighted by Gasteiger charge is -2.11. The molecule has 4 N–H and O–H groups in total. The summed E-state index contributed by atoms with van der Waals surface area (Å²) in [5.41, 5.74) is 5.71. The fourth-order valence-corrected chi connectivity index (χ4v) is 1.20. The predicted molar refractivity (Wildman–Crippen MR) is 60.6 cm³/mol. The van der Waals surface area contributed by atoms with Crippen molar-refractivity contribution >= 4 is 5.91 Å². The van der Waals surface area contributed by atoms with Crippen LogP contribution in [0.5, 0.6) is 0 Å². The largest absolute Gasteiger partial charge is 0.383 e. The van der Waals surface area contributed by atoms with Gasteiger partial charge in [-0.05, 0) is 26.4 Å². The number of nitrogens with one attached hydrogen (secondary N) is 2. The lowest BCUT2D eigenvalue weighted by Crippen LogP contribution is -2.41. The van der Waals surface area contributed by atoms with Gasteiger partial charge in [0.2, 0.25) is 5.91 Å². The van der Waals surface area contributed by atoms with Gasteiger partial charge in [-0.3, -0.25) is 4.79 Å². The minimum absolute atomic E-state index is 0.0866. The van der Waals surface area contributed by atoms with E-state index in [2.05, 4.69) is 10.6 Å². The molecule has 0 saturated carbocycles. The number of rotatable bonds is 9. The second-order valence-electron chi connectivity index (χ2n) is 3.49. The van der Waals surface area contributed by atoms with Crippen LogP contribution in [0.25, 0.3) is 0 Å². The van der Waals surface area contributed by atoms with Crippen molar-refractivity contribution in [1.29, 1.82) is 0 Å². The average Bonchev–Trinajstić information content (AvgIpc) is 2.24. The monoisotopic (exact) mass is 217 g/mol. The maximum atomic E-state index is 11.4. The van der Waals surface area contributed by atoms with E-state index in [1.807, 2.05) is 7.05 Å². The Labute approximate surface area is 91.7 Å². The molecule has 1 unspecified atom stereocenters. The maximum absolute atomic E-state index is 11.4. The molecular formula is C10H23N3O2. The Morgan fingerprint density at radius 2 is 2.13 bits per heavy atom. The molecule has 1 amide bonds. The molecule has 0 aliphatic carbocycles. The van der Waals surface area contributed by atoms with Crippen molar-refractivity contribution in [2.24, 2.45) is 5.73 Å². The van der Waals surface area contributed by atoms with E-state index in [0.29, 0.717) is 13.2 Å². The zero-order chi connectivity index (χ0) is 11.5. The molecule has 5 nitrogen and oxygen atoms in total. The Hall–Kier alpha value is -0.650. The van der Waals surface area contributed by atoms with E-state index in [9.17, 15) is 4.79 Å². The maximum Gasteiger partial charge on any atom is 0.236 e. The molecule has 5 heteroatoms. The fraction of sp³-hybridized carbons (Fsp3) is 0.900. The zero-order valence-corrected chi connectivity index (χ0v) is 9.71. The van der Waals surface area contributed by atoms with Crippen LogP contribution in [-0.2, 0) is 9.53 Å². The quantitative estimate of drug-likeness (QED) is 0.454. The minimum atomic E-state index is -0.390. The number of carbonyl (C=O) groups excluding carboxylic acids is 1. The van der Waals surface area contributed by atoms with Gasteiger partial charge < -0.3 is 21.1 Å². The smallest absolute Gasteiger partial charge is 0.236 e. The van der Waals surface area contributed by atoms with Crippen molar-refractivity contribution in [2.45, 2.75) is 25.3 Å². The molecule has 0 aromatic heterocycles. The van der Waals surface area contributed by atoms with E-state index in [0.717, 1.165) is 25.8 Å². The first-order valence-corrected chi connectivity index (χ1v) is 5.39. The summed E-state index contributed by atoms with van der Waals surface area (Å²) in [6.45, 7) is 2.02. The average molecular weight is 217 g/mol. The van der Waals surface area contributed by atoms with Crippen molar-refractivity contribution in [2.75, 3.05) is 33.9 Å². The van der Waals surface area contributed by atoms with E-state index in [-0.39, 0.29) is 5.91 Å². The van der Waals surface area contributed by atoms with Gasteiger partial charge in [0.25, 0.3) is 0 Å². The summed E-state index contributed by atoms with van der Waals surface area (Å²) >= 11 is 0. The van der Waals surface area contributed by atoms with Crippen molar-refractivity contribution < 1.29 is 9.53 Å². The van der Waals surface area contributed by atoms with Crippen LogP contribution in [0.15, 0.2) is 0 Å². The highest BCUT2D eigenvalue weighted by Crippen LogP contribution is 1.98. The summed E-state index contributed by atoms with van der Waals surface area (Å²) in [4.78, 5) is 11.4. The molecule has 0 aliphatic rings. The number of unbranched alkanes of at least 4 members (excludes halogenated alkanes) is 1. The van der Waals surface area contributed by atoms with Gasteiger partial charge in [-0.15, -0.1) is 0 Å². The number of methoxy groups -OCH3 is 1. The number of nitrogens with two attached hydrogens (primary N) is 1. The molecule has 15 heavy (non-hydrogen) atoms. The van der Waals surface area contributed by atoms with Crippen LogP contribution < -0.4 is 16.4 Å². The molecule has 0 aliphatic heterocycles. The molecule has 0 fully saturated rings.